The van der Waals surface area contributed by atoms with Gasteiger partial charge in [-0.2, -0.15) is 0 Å². The number of hydrogen-bond donors (Lipinski definition) is 1. The van der Waals surface area contributed by atoms with Gasteiger partial charge in [-0.1, -0.05) is 6.92 Å². The van der Waals surface area contributed by atoms with Gasteiger partial charge in [0.05, 0.1) is 31.5 Å². The molecule has 0 aromatic rings. The lowest BCUT2D eigenvalue weighted by Crippen LogP contribution is -2.55. The van der Waals surface area contributed by atoms with Crippen LogP contribution in [0.4, 0.5) is 0 Å². The molecule has 3 unspecified atom stereocenters. The van der Waals surface area contributed by atoms with Crippen LogP contribution in [0.25, 0.3) is 0 Å². The fourth-order valence-electron chi connectivity index (χ4n) is 2.35. The van der Waals surface area contributed by atoms with E-state index in [1.54, 1.807) is 0 Å². The Morgan fingerprint density at radius 1 is 1.40 bits per heavy atom. The summed E-state index contributed by atoms with van der Waals surface area (Å²) in [6.45, 7) is 6.13. The second-order valence-corrected chi connectivity index (χ2v) is 4.39. The minimum atomic E-state index is -0.227. The van der Waals surface area contributed by atoms with E-state index < -0.39 is 0 Å². The second kappa shape index (κ2) is 5.25. The molecule has 1 N–H and O–H groups in total. The predicted molar refractivity (Wildman–Crippen MR) is 56.8 cm³/mol. The third-order valence-electron chi connectivity index (χ3n) is 3.39. The molecule has 0 saturated carbocycles. The van der Waals surface area contributed by atoms with Gasteiger partial charge in [0.25, 0.3) is 0 Å². The maximum Gasteiger partial charge on any atom is 0.0739 e. The molecule has 0 bridgehead atoms. The van der Waals surface area contributed by atoms with Crippen LogP contribution in [-0.2, 0) is 9.47 Å². The van der Waals surface area contributed by atoms with Crippen molar-refractivity contribution < 1.29 is 14.6 Å². The predicted octanol–water partition coefficient (Wildman–Crippen LogP) is 0.247. The quantitative estimate of drug-likeness (QED) is 0.717. The zero-order chi connectivity index (χ0) is 10.7. The Morgan fingerprint density at radius 3 is 3.00 bits per heavy atom. The number of ether oxygens (including phenoxy) is 2. The van der Waals surface area contributed by atoms with Gasteiger partial charge in [0.2, 0.25) is 0 Å². The van der Waals surface area contributed by atoms with E-state index in [4.69, 9.17) is 9.47 Å². The summed E-state index contributed by atoms with van der Waals surface area (Å²) in [5.41, 5.74) is 0. The third kappa shape index (κ3) is 2.69. The Hall–Kier alpha value is -0.160. The number of morpholine rings is 1. The zero-order valence-corrected chi connectivity index (χ0v) is 9.39. The Labute approximate surface area is 91.2 Å². The van der Waals surface area contributed by atoms with E-state index >= 15 is 0 Å². The van der Waals surface area contributed by atoms with Crippen molar-refractivity contribution in [3.05, 3.63) is 0 Å². The molecule has 2 fully saturated rings. The number of hydrogen-bond acceptors (Lipinski definition) is 4. The van der Waals surface area contributed by atoms with Crippen molar-refractivity contribution in [2.45, 2.75) is 38.0 Å². The van der Waals surface area contributed by atoms with Crippen LogP contribution in [0, 0.1) is 0 Å². The number of rotatable bonds is 2. The Balaban J connectivity index is 1.90. The van der Waals surface area contributed by atoms with Crippen LogP contribution in [0.2, 0.25) is 0 Å². The average Bonchev–Trinajstić information content (AvgIpc) is 2.30. The lowest BCUT2D eigenvalue weighted by Gasteiger charge is -2.41. The first-order valence-corrected chi connectivity index (χ1v) is 5.92. The zero-order valence-electron chi connectivity index (χ0n) is 9.39. The highest BCUT2D eigenvalue weighted by Crippen LogP contribution is 2.18. The number of aliphatic hydroxyl groups is 1. The van der Waals surface area contributed by atoms with Crippen molar-refractivity contribution in [1.82, 2.24) is 4.90 Å². The maximum atomic E-state index is 9.92. The summed E-state index contributed by atoms with van der Waals surface area (Å²) < 4.78 is 11.1. The molecule has 0 aromatic heterocycles. The van der Waals surface area contributed by atoms with Crippen molar-refractivity contribution in [2.24, 2.45) is 0 Å². The van der Waals surface area contributed by atoms with E-state index in [1.807, 2.05) is 0 Å². The lowest BCUT2D eigenvalue weighted by atomic mass is 10.0. The van der Waals surface area contributed by atoms with E-state index in [0.717, 1.165) is 32.5 Å². The Kier molecular flexibility index (Phi) is 3.97. The Bertz CT molecular complexity index is 200. The summed E-state index contributed by atoms with van der Waals surface area (Å²) in [7, 11) is 0. The number of nitrogens with zero attached hydrogens (tertiary/aromatic N) is 1. The van der Waals surface area contributed by atoms with Gasteiger partial charge in [-0.05, 0) is 12.8 Å². The molecule has 0 spiro atoms. The molecule has 2 rings (SSSR count). The molecule has 2 aliphatic heterocycles. The van der Waals surface area contributed by atoms with Crippen molar-refractivity contribution in [3.8, 4) is 0 Å². The van der Waals surface area contributed by atoms with Crippen molar-refractivity contribution in [1.29, 1.82) is 0 Å². The fraction of sp³-hybridized carbons (Fsp3) is 1.00. The summed E-state index contributed by atoms with van der Waals surface area (Å²) >= 11 is 0. The van der Waals surface area contributed by atoms with Crippen LogP contribution in [0.1, 0.15) is 19.8 Å². The summed E-state index contributed by atoms with van der Waals surface area (Å²) in [5.74, 6) is 0. The summed E-state index contributed by atoms with van der Waals surface area (Å²) in [5, 5.41) is 9.92. The van der Waals surface area contributed by atoms with Gasteiger partial charge in [0.15, 0.2) is 0 Å². The van der Waals surface area contributed by atoms with Gasteiger partial charge in [0.1, 0.15) is 0 Å². The molecule has 88 valence electrons. The van der Waals surface area contributed by atoms with E-state index in [0.29, 0.717) is 19.3 Å². The highest BCUT2D eigenvalue weighted by Gasteiger charge is 2.32. The lowest BCUT2D eigenvalue weighted by molar-refractivity contribution is -0.106. The third-order valence-corrected chi connectivity index (χ3v) is 3.39. The van der Waals surface area contributed by atoms with Crippen LogP contribution in [-0.4, -0.2) is 61.2 Å². The van der Waals surface area contributed by atoms with E-state index in [1.165, 1.54) is 0 Å². The maximum absolute atomic E-state index is 9.92. The molecule has 2 aliphatic rings. The standard InChI is InChI=1S/C11H21NO3/c1-2-9-7-12(4-6-15-9)10-8-14-5-3-11(10)13/h9-11,13H,2-8H2,1H3. The van der Waals surface area contributed by atoms with Gasteiger partial charge in [-0.25, -0.2) is 0 Å². The monoisotopic (exact) mass is 215 g/mol. The normalized spacial score (nSPS) is 39.2. The van der Waals surface area contributed by atoms with Gasteiger partial charge >= 0.3 is 0 Å². The molecule has 2 saturated heterocycles. The summed E-state index contributed by atoms with van der Waals surface area (Å²) in [6.07, 6.45) is 1.90. The first kappa shape index (κ1) is 11.3. The van der Waals surface area contributed by atoms with Gasteiger partial charge in [0, 0.05) is 19.7 Å². The largest absolute Gasteiger partial charge is 0.391 e. The molecule has 4 nitrogen and oxygen atoms in total. The first-order chi connectivity index (χ1) is 7.31. The van der Waals surface area contributed by atoms with Crippen LogP contribution < -0.4 is 0 Å². The molecule has 0 amide bonds. The van der Waals surface area contributed by atoms with Crippen LogP contribution in [0.3, 0.4) is 0 Å². The average molecular weight is 215 g/mol. The van der Waals surface area contributed by atoms with Crippen LogP contribution in [0.5, 0.6) is 0 Å². The van der Waals surface area contributed by atoms with E-state index in [2.05, 4.69) is 11.8 Å². The van der Waals surface area contributed by atoms with Gasteiger partial charge in [-0.15, -0.1) is 0 Å². The van der Waals surface area contributed by atoms with Crippen molar-refractivity contribution in [2.75, 3.05) is 32.9 Å². The fourth-order valence-corrected chi connectivity index (χ4v) is 2.35. The smallest absolute Gasteiger partial charge is 0.0739 e. The Morgan fingerprint density at radius 2 is 2.27 bits per heavy atom. The van der Waals surface area contributed by atoms with Crippen LogP contribution in [0.15, 0.2) is 0 Å². The second-order valence-electron chi connectivity index (χ2n) is 4.39. The highest BCUT2D eigenvalue weighted by molar-refractivity contribution is 4.85. The highest BCUT2D eigenvalue weighted by atomic mass is 16.5. The van der Waals surface area contributed by atoms with Gasteiger partial charge in [-0.3, -0.25) is 4.90 Å². The molecule has 2 heterocycles. The van der Waals surface area contributed by atoms with Crippen molar-refractivity contribution in [3.63, 3.8) is 0 Å². The van der Waals surface area contributed by atoms with E-state index in [-0.39, 0.29) is 12.1 Å². The number of aliphatic hydroxyl groups excluding tert-OH is 1. The minimum absolute atomic E-state index is 0.177. The summed E-state index contributed by atoms with van der Waals surface area (Å²) in [4.78, 5) is 2.32. The molecular formula is C11H21NO3. The molecule has 0 radical (unpaired) electrons. The van der Waals surface area contributed by atoms with Crippen molar-refractivity contribution >= 4 is 0 Å². The SMILES string of the molecule is CCC1CN(C2COCCC2O)CCO1. The molecule has 3 atom stereocenters. The first-order valence-electron chi connectivity index (χ1n) is 5.92. The topological polar surface area (TPSA) is 41.9 Å². The molecule has 0 aromatic carbocycles. The molecule has 0 aliphatic carbocycles. The van der Waals surface area contributed by atoms with E-state index in [9.17, 15) is 5.11 Å². The van der Waals surface area contributed by atoms with Gasteiger partial charge < -0.3 is 14.6 Å². The summed E-state index contributed by atoms with van der Waals surface area (Å²) in [6, 6.07) is 0.177. The minimum Gasteiger partial charge on any atom is -0.391 e. The van der Waals surface area contributed by atoms with Crippen LogP contribution >= 0.6 is 0 Å². The molecule has 4 heteroatoms. The molecular weight excluding hydrogens is 194 g/mol. The molecule has 15 heavy (non-hydrogen) atoms.